The lowest BCUT2D eigenvalue weighted by Crippen LogP contribution is -2.47. The van der Waals surface area contributed by atoms with Crippen LogP contribution < -0.4 is 15.6 Å². The molecule has 0 aromatic heterocycles. The number of nitrogens with zero attached hydrogens (tertiary/aromatic N) is 1. The van der Waals surface area contributed by atoms with Crippen molar-refractivity contribution in [3.63, 3.8) is 0 Å². The van der Waals surface area contributed by atoms with Crippen LogP contribution in [0.2, 0.25) is 0 Å². The fourth-order valence-corrected chi connectivity index (χ4v) is 1.80. The summed E-state index contributed by atoms with van der Waals surface area (Å²) >= 11 is 0. The first-order valence-electron chi connectivity index (χ1n) is 7.03. The summed E-state index contributed by atoms with van der Waals surface area (Å²) in [6.07, 6.45) is -0.904. The van der Waals surface area contributed by atoms with E-state index in [1.54, 1.807) is 24.3 Å². The van der Waals surface area contributed by atoms with Crippen molar-refractivity contribution in [2.75, 3.05) is 0 Å². The Kier molecular flexibility index (Phi) is 5.47. The van der Waals surface area contributed by atoms with E-state index in [9.17, 15) is 14.0 Å². The molecule has 0 aliphatic rings. The summed E-state index contributed by atoms with van der Waals surface area (Å²) in [5.74, 6) is -1.67. The van der Waals surface area contributed by atoms with Crippen molar-refractivity contribution in [2.24, 2.45) is 0 Å². The summed E-state index contributed by atoms with van der Waals surface area (Å²) < 4.78 is 18.8. The van der Waals surface area contributed by atoms with Crippen LogP contribution in [0.3, 0.4) is 0 Å². The molecule has 0 saturated carbocycles. The molecular weight excluding hydrogens is 313 g/mol. The lowest BCUT2D eigenvalue weighted by molar-refractivity contribution is -0.128. The second-order valence-electron chi connectivity index (χ2n) is 4.82. The highest BCUT2D eigenvalue weighted by Crippen LogP contribution is 2.13. The zero-order valence-electron chi connectivity index (χ0n) is 12.7. The topological polar surface area (TPSA) is 91.2 Å². The Balaban J connectivity index is 1.88. The Labute approximate surface area is 137 Å². The summed E-state index contributed by atoms with van der Waals surface area (Å²) in [7, 11) is 0. The molecule has 0 aliphatic carbocycles. The minimum absolute atomic E-state index is 0.182. The molecule has 1 atom stereocenters. The van der Waals surface area contributed by atoms with Gasteiger partial charge in [-0.1, -0.05) is 12.1 Å². The van der Waals surface area contributed by atoms with Gasteiger partial charge in [0.1, 0.15) is 11.6 Å². The molecule has 1 unspecified atom stereocenters. The zero-order valence-corrected chi connectivity index (χ0v) is 12.7. The molecule has 2 amide bonds. The van der Waals surface area contributed by atoms with Crippen LogP contribution in [0.1, 0.15) is 22.8 Å². The van der Waals surface area contributed by atoms with Crippen molar-refractivity contribution in [2.45, 2.75) is 13.0 Å². The SMILES string of the molecule is CC(Oc1ccc(C#N)cc1)C(=O)NNC(=O)c1ccccc1F. The van der Waals surface area contributed by atoms with Crippen LogP contribution in [0.4, 0.5) is 4.39 Å². The van der Waals surface area contributed by atoms with Gasteiger partial charge in [0.15, 0.2) is 6.10 Å². The minimum atomic E-state index is -0.904. The zero-order chi connectivity index (χ0) is 17.5. The molecule has 2 N–H and O–H groups in total. The summed E-state index contributed by atoms with van der Waals surface area (Å²) in [5.41, 5.74) is 4.58. The van der Waals surface area contributed by atoms with E-state index in [4.69, 9.17) is 10.00 Å². The molecule has 0 bridgehead atoms. The number of carbonyl (C=O) groups excluding carboxylic acids is 2. The molecule has 0 aliphatic heterocycles. The molecule has 0 spiro atoms. The number of benzene rings is 2. The van der Waals surface area contributed by atoms with Gasteiger partial charge < -0.3 is 4.74 Å². The number of amides is 2. The average Bonchev–Trinajstić information content (AvgIpc) is 2.60. The summed E-state index contributed by atoms with van der Waals surface area (Å²) in [4.78, 5) is 23.7. The molecule has 7 heteroatoms. The van der Waals surface area contributed by atoms with Gasteiger partial charge in [-0.2, -0.15) is 5.26 Å². The molecule has 2 aromatic rings. The highest BCUT2D eigenvalue weighted by molar-refractivity contribution is 5.95. The normalized spacial score (nSPS) is 11.0. The average molecular weight is 327 g/mol. The molecule has 6 nitrogen and oxygen atoms in total. The predicted molar refractivity (Wildman–Crippen MR) is 83.3 cm³/mol. The fraction of sp³-hybridized carbons (Fsp3) is 0.118. The van der Waals surface area contributed by atoms with E-state index in [0.717, 1.165) is 6.07 Å². The number of halogens is 1. The number of hydrogen-bond acceptors (Lipinski definition) is 4. The molecule has 122 valence electrons. The minimum Gasteiger partial charge on any atom is -0.481 e. The van der Waals surface area contributed by atoms with E-state index in [0.29, 0.717) is 11.3 Å². The maximum Gasteiger partial charge on any atom is 0.279 e. The van der Waals surface area contributed by atoms with Crippen molar-refractivity contribution in [1.82, 2.24) is 10.9 Å². The standard InChI is InChI=1S/C17H14FN3O3/c1-11(24-13-8-6-12(10-19)7-9-13)16(22)20-21-17(23)14-4-2-3-5-15(14)18/h2-9,11H,1H3,(H,20,22)(H,21,23). The fourth-order valence-electron chi connectivity index (χ4n) is 1.80. The second-order valence-corrected chi connectivity index (χ2v) is 4.82. The van der Waals surface area contributed by atoms with E-state index in [1.165, 1.54) is 25.1 Å². The number of hydrazine groups is 1. The van der Waals surface area contributed by atoms with Gasteiger partial charge in [0.05, 0.1) is 17.2 Å². The summed E-state index contributed by atoms with van der Waals surface area (Å²) in [5, 5.41) is 8.71. The molecule has 0 saturated heterocycles. The Morgan fingerprint density at radius 1 is 1.12 bits per heavy atom. The number of hydrogen-bond donors (Lipinski definition) is 2. The number of carbonyl (C=O) groups is 2. The van der Waals surface area contributed by atoms with Crippen LogP contribution in [0.25, 0.3) is 0 Å². The highest BCUT2D eigenvalue weighted by atomic mass is 19.1. The lowest BCUT2D eigenvalue weighted by Gasteiger charge is -2.15. The van der Waals surface area contributed by atoms with Gasteiger partial charge in [-0.05, 0) is 43.3 Å². The van der Waals surface area contributed by atoms with Gasteiger partial charge in [-0.3, -0.25) is 20.4 Å². The second kappa shape index (κ2) is 7.74. The molecule has 24 heavy (non-hydrogen) atoms. The van der Waals surface area contributed by atoms with Crippen molar-refractivity contribution < 1.29 is 18.7 Å². The number of rotatable bonds is 4. The first-order valence-corrected chi connectivity index (χ1v) is 7.03. The lowest BCUT2D eigenvalue weighted by atomic mass is 10.2. The van der Waals surface area contributed by atoms with Crippen LogP contribution in [-0.4, -0.2) is 17.9 Å². The quantitative estimate of drug-likeness (QED) is 0.840. The Morgan fingerprint density at radius 3 is 2.42 bits per heavy atom. The van der Waals surface area contributed by atoms with Crippen LogP contribution in [0, 0.1) is 17.1 Å². The van der Waals surface area contributed by atoms with Crippen molar-refractivity contribution in [1.29, 1.82) is 5.26 Å². The van der Waals surface area contributed by atoms with Crippen LogP contribution in [-0.2, 0) is 4.79 Å². The largest absolute Gasteiger partial charge is 0.481 e. The smallest absolute Gasteiger partial charge is 0.279 e. The Morgan fingerprint density at radius 2 is 1.79 bits per heavy atom. The Bertz CT molecular complexity index is 784. The highest BCUT2D eigenvalue weighted by Gasteiger charge is 2.17. The molecule has 0 radical (unpaired) electrons. The van der Waals surface area contributed by atoms with Crippen molar-refractivity contribution in [3.8, 4) is 11.8 Å². The molecule has 2 aromatic carbocycles. The van der Waals surface area contributed by atoms with Gasteiger partial charge in [-0.25, -0.2) is 4.39 Å². The molecule has 0 fully saturated rings. The van der Waals surface area contributed by atoms with Gasteiger partial charge in [0, 0.05) is 0 Å². The number of nitriles is 1. The number of ether oxygens (including phenoxy) is 1. The maximum atomic E-state index is 13.5. The first kappa shape index (κ1) is 17.0. The molecule has 2 rings (SSSR count). The molecular formula is C17H14FN3O3. The van der Waals surface area contributed by atoms with E-state index >= 15 is 0 Å². The van der Waals surface area contributed by atoms with Crippen molar-refractivity contribution in [3.05, 3.63) is 65.5 Å². The van der Waals surface area contributed by atoms with Gasteiger partial charge >= 0.3 is 0 Å². The third-order valence-electron chi connectivity index (χ3n) is 3.08. The monoisotopic (exact) mass is 327 g/mol. The van der Waals surface area contributed by atoms with Gasteiger partial charge in [0.2, 0.25) is 0 Å². The van der Waals surface area contributed by atoms with E-state index in [1.807, 2.05) is 6.07 Å². The van der Waals surface area contributed by atoms with Crippen LogP contribution in [0.15, 0.2) is 48.5 Å². The van der Waals surface area contributed by atoms with Gasteiger partial charge in [-0.15, -0.1) is 0 Å². The number of nitrogens with one attached hydrogen (secondary N) is 2. The van der Waals surface area contributed by atoms with Crippen molar-refractivity contribution >= 4 is 11.8 Å². The van der Waals surface area contributed by atoms with Gasteiger partial charge in [0.25, 0.3) is 11.8 Å². The van der Waals surface area contributed by atoms with Crippen LogP contribution in [0.5, 0.6) is 5.75 Å². The van der Waals surface area contributed by atoms with E-state index in [-0.39, 0.29) is 5.56 Å². The maximum absolute atomic E-state index is 13.5. The summed E-state index contributed by atoms with van der Waals surface area (Å²) in [6, 6.07) is 13.6. The molecule has 0 heterocycles. The van der Waals surface area contributed by atoms with E-state index < -0.39 is 23.7 Å². The van der Waals surface area contributed by atoms with E-state index in [2.05, 4.69) is 10.9 Å². The third-order valence-corrected chi connectivity index (χ3v) is 3.08. The first-order chi connectivity index (χ1) is 11.5. The Hall–Kier alpha value is -3.40. The predicted octanol–water partition coefficient (Wildman–Crippen LogP) is 1.93. The third kappa shape index (κ3) is 4.30. The summed E-state index contributed by atoms with van der Waals surface area (Å²) in [6.45, 7) is 1.49. The van der Waals surface area contributed by atoms with Crippen LogP contribution >= 0.6 is 0 Å².